The molecule has 62 valence electrons. The Hall–Kier alpha value is -0.840. The van der Waals surface area contributed by atoms with Crippen LogP contribution in [0.5, 0.6) is 0 Å². The van der Waals surface area contributed by atoms with Crippen molar-refractivity contribution in [2.75, 3.05) is 0 Å². The zero-order valence-electron chi connectivity index (χ0n) is 6.03. The lowest BCUT2D eigenvalue weighted by Gasteiger charge is -1.92. The zero-order chi connectivity index (χ0) is 8.27. The molecule has 0 spiro atoms. The first-order valence-corrected chi connectivity index (χ1v) is 4.24. The SMILES string of the molecule is CCCC1=C(C=O)OS(=O)O1. The Balaban J connectivity index is 2.70. The van der Waals surface area contributed by atoms with E-state index >= 15 is 0 Å². The molecule has 0 aliphatic carbocycles. The van der Waals surface area contributed by atoms with Crippen molar-refractivity contribution in [2.45, 2.75) is 19.8 Å². The van der Waals surface area contributed by atoms with Crippen LogP contribution in [0.25, 0.3) is 0 Å². The highest BCUT2D eigenvalue weighted by Gasteiger charge is 2.23. The highest BCUT2D eigenvalue weighted by molar-refractivity contribution is 7.75. The average molecular weight is 176 g/mol. The second-order valence-electron chi connectivity index (χ2n) is 2.03. The maximum atomic E-state index is 10.6. The molecule has 0 radical (unpaired) electrons. The summed E-state index contributed by atoms with van der Waals surface area (Å²) in [6.07, 6.45) is 1.92. The molecule has 0 amide bonds. The quantitative estimate of drug-likeness (QED) is 0.597. The van der Waals surface area contributed by atoms with Gasteiger partial charge in [-0.15, -0.1) is 0 Å². The molecule has 0 aromatic rings. The van der Waals surface area contributed by atoms with Crippen molar-refractivity contribution < 1.29 is 17.4 Å². The van der Waals surface area contributed by atoms with E-state index in [0.717, 1.165) is 6.42 Å². The van der Waals surface area contributed by atoms with Gasteiger partial charge in [-0.3, -0.25) is 4.79 Å². The van der Waals surface area contributed by atoms with Gasteiger partial charge >= 0.3 is 11.4 Å². The second kappa shape index (κ2) is 3.52. The smallest absolute Gasteiger partial charge is 0.372 e. The van der Waals surface area contributed by atoms with E-state index in [2.05, 4.69) is 4.18 Å². The van der Waals surface area contributed by atoms with Gasteiger partial charge in [-0.25, -0.2) is 0 Å². The Labute approximate surface area is 67.0 Å². The van der Waals surface area contributed by atoms with Crippen molar-refractivity contribution >= 4 is 17.6 Å². The maximum absolute atomic E-state index is 10.6. The van der Waals surface area contributed by atoms with Crippen LogP contribution >= 0.6 is 0 Å². The van der Waals surface area contributed by atoms with E-state index < -0.39 is 11.4 Å². The Morgan fingerprint density at radius 1 is 1.55 bits per heavy atom. The van der Waals surface area contributed by atoms with Crippen molar-refractivity contribution in [3.63, 3.8) is 0 Å². The molecule has 0 saturated heterocycles. The number of aldehydes is 1. The van der Waals surface area contributed by atoms with Crippen LogP contribution < -0.4 is 0 Å². The topological polar surface area (TPSA) is 52.6 Å². The summed E-state index contributed by atoms with van der Waals surface area (Å²) in [6, 6.07) is 0. The Morgan fingerprint density at radius 3 is 2.82 bits per heavy atom. The minimum atomic E-state index is -1.79. The van der Waals surface area contributed by atoms with Gasteiger partial charge in [-0.05, 0) is 6.42 Å². The minimum absolute atomic E-state index is 0.0604. The molecule has 1 heterocycles. The standard InChI is InChI=1S/C6H8O4S/c1-2-3-5-6(4-7)10-11(8)9-5/h4H,2-3H2,1H3. The van der Waals surface area contributed by atoms with Crippen LogP contribution in [0.1, 0.15) is 19.8 Å². The first-order chi connectivity index (χ1) is 5.27. The van der Waals surface area contributed by atoms with E-state index in [-0.39, 0.29) is 5.76 Å². The highest BCUT2D eigenvalue weighted by atomic mass is 32.2. The molecule has 5 heteroatoms. The molecule has 0 saturated carbocycles. The summed E-state index contributed by atoms with van der Waals surface area (Å²) in [6.45, 7) is 1.93. The van der Waals surface area contributed by atoms with Crippen LogP contribution in [-0.4, -0.2) is 10.5 Å². The highest BCUT2D eigenvalue weighted by Crippen LogP contribution is 2.22. The van der Waals surface area contributed by atoms with Crippen LogP contribution in [0.3, 0.4) is 0 Å². The van der Waals surface area contributed by atoms with Crippen molar-refractivity contribution in [3.05, 3.63) is 11.5 Å². The van der Waals surface area contributed by atoms with Crippen molar-refractivity contribution in [3.8, 4) is 0 Å². The van der Waals surface area contributed by atoms with Gasteiger partial charge in [0.1, 0.15) is 0 Å². The number of carbonyl (C=O) groups excluding carboxylic acids is 1. The van der Waals surface area contributed by atoms with Crippen LogP contribution in [-0.2, 0) is 24.5 Å². The third-order valence-electron chi connectivity index (χ3n) is 1.19. The van der Waals surface area contributed by atoms with Crippen LogP contribution in [0.15, 0.2) is 11.5 Å². The van der Waals surface area contributed by atoms with Gasteiger partial charge in [0.25, 0.3) is 0 Å². The van der Waals surface area contributed by atoms with Gasteiger partial charge in [0, 0.05) is 6.42 Å². The van der Waals surface area contributed by atoms with Gasteiger partial charge in [0.05, 0.1) is 0 Å². The molecule has 1 aliphatic heterocycles. The average Bonchev–Trinajstić information content (AvgIpc) is 2.32. The molecule has 4 nitrogen and oxygen atoms in total. The summed E-state index contributed by atoms with van der Waals surface area (Å²) in [5, 5.41) is 0. The van der Waals surface area contributed by atoms with Gasteiger partial charge < -0.3 is 8.37 Å². The van der Waals surface area contributed by atoms with Gasteiger partial charge in [-0.2, -0.15) is 4.21 Å². The third kappa shape index (κ3) is 1.80. The van der Waals surface area contributed by atoms with Gasteiger partial charge in [0.2, 0.25) is 5.76 Å². The van der Waals surface area contributed by atoms with Crippen LogP contribution in [0.2, 0.25) is 0 Å². The molecule has 1 atom stereocenters. The molecule has 11 heavy (non-hydrogen) atoms. The predicted octanol–water partition coefficient (Wildman–Crippen LogP) is 0.823. The van der Waals surface area contributed by atoms with Crippen molar-refractivity contribution in [2.24, 2.45) is 0 Å². The van der Waals surface area contributed by atoms with Crippen LogP contribution in [0.4, 0.5) is 0 Å². The molecule has 0 N–H and O–H groups in total. The number of hydrogen-bond acceptors (Lipinski definition) is 4. The summed E-state index contributed by atoms with van der Waals surface area (Å²) in [7, 11) is 0. The molecule has 1 unspecified atom stereocenters. The van der Waals surface area contributed by atoms with Gasteiger partial charge in [-0.1, -0.05) is 6.92 Å². The lowest BCUT2D eigenvalue weighted by Crippen LogP contribution is -1.87. The summed E-state index contributed by atoms with van der Waals surface area (Å²) in [5.74, 6) is 0.450. The summed E-state index contributed by atoms with van der Waals surface area (Å²) in [4.78, 5) is 10.2. The largest absolute Gasteiger partial charge is 0.417 e. The first-order valence-electron chi connectivity index (χ1n) is 3.24. The molecular formula is C6H8O4S. The first kappa shape index (κ1) is 8.26. The fourth-order valence-electron chi connectivity index (χ4n) is 0.737. The Kier molecular flexibility index (Phi) is 2.64. The number of hydrogen-bond donors (Lipinski definition) is 0. The van der Waals surface area contributed by atoms with E-state index in [9.17, 15) is 9.00 Å². The molecule has 0 fully saturated rings. The van der Waals surface area contributed by atoms with Crippen molar-refractivity contribution in [1.82, 2.24) is 0 Å². The fraction of sp³-hybridized carbons (Fsp3) is 0.500. The van der Waals surface area contributed by atoms with E-state index in [0.29, 0.717) is 18.5 Å². The molecule has 0 aromatic carbocycles. The fourth-order valence-corrected chi connectivity index (χ4v) is 1.38. The monoisotopic (exact) mass is 176 g/mol. The Morgan fingerprint density at radius 2 is 2.27 bits per heavy atom. The summed E-state index contributed by atoms with van der Waals surface area (Å²) >= 11 is -1.79. The van der Waals surface area contributed by atoms with E-state index in [4.69, 9.17) is 4.18 Å². The van der Waals surface area contributed by atoms with E-state index in [1.54, 1.807) is 0 Å². The minimum Gasteiger partial charge on any atom is -0.372 e. The summed E-state index contributed by atoms with van der Waals surface area (Å²) < 4.78 is 19.8. The lowest BCUT2D eigenvalue weighted by atomic mass is 10.3. The number of rotatable bonds is 3. The maximum Gasteiger partial charge on any atom is 0.417 e. The molecule has 0 aromatic heterocycles. The predicted molar refractivity (Wildman–Crippen MR) is 38.3 cm³/mol. The number of allylic oxidation sites excluding steroid dienone is 2. The molecule has 1 aliphatic rings. The van der Waals surface area contributed by atoms with Gasteiger partial charge in [0.15, 0.2) is 12.0 Å². The summed E-state index contributed by atoms with van der Waals surface area (Å²) in [5.41, 5.74) is 0. The van der Waals surface area contributed by atoms with Crippen LogP contribution in [0, 0.1) is 0 Å². The number of carbonyl (C=O) groups is 1. The molecule has 0 bridgehead atoms. The third-order valence-corrected chi connectivity index (χ3v) is 1.84. The molecular weight excluding hydrogens is 168 g/mol. The molecule has 1 rings (SSSR count). The lowest BCUT2D eigenvalue weighted by molar-refractivity contribution is -0.106. The zero-order valence-corrected chi connectivity index (χ0v) is 6.85. The normalized spacial score (nSPS) is 22.8. The Bertz CT molecular complexity index is 221. The second-order valence-corrected chi connectivity index (χ2v) is 2.77. The van der Waals surface area contributed by atoms with E-state index in [1.807, 2.05) is 6.92 Å². The van der Waals surface area contributed by atoms with E-state index in [1.165, 1.54) is 0 Å². The van der Waals surface area contributed by atoms with Crippen molar-refractivity contribution in [1.29, 1.82) is 0 Å².